The first-order chi connectivity index (χ1) is 6.09. The van der Waals surface area contributed by atoms with E-state index in [9.17, 15) is 5.11 Å². The standard InChI is InChI=1S/C10H11NO2/c1-10(2,12)9-7-5-3-4-6-8(7)13-11-9/h3-6,12H,1-2H3. The van der Waals surface area contributed by atoms with Crippen molar-refractivity contribution in [2.75, 3.05) is 0 Å². The van der Waals surface area contributed by atoms with E-state index in [-0.39, 0.29) is 0 Å². The first kappa shape index (κ1) is 8.26. The highest BCUT2D eigenvalue weighted by molar-refractivity contribution is 5.79. The Hall–Kier alpha value is -1.35. The molecule has 0 radical (unpaired) electrons. The zero-order chi connectivity index (χ0) is 9.47. The largest absolute Gasteiger partial charge is 0.384 e. The molecule has 3 heteroatoms. The smallest absolute Gasteiger partial charge is 0.167 e. The van der Waals surface area contributed by atoms with Crippen LogP contribution in [0.5, 0.6) is 0 Å². The fraction of sp³-hybridized carbons (Fsp3) is 0.300. The van der Waals surface area contributed by atoms with E-state index in [2.05, 4.69) is 5.16 Å². The van der Waals surface area contributed by atoms with Crippen molar-refractivity contribution in [3.63, 3.8) is 0 Å². The van der Waals surface area contributed by atoms with Crippen molar-refractivity contribution in [3.05, 3.63) is 30.0 Å². The monoisotopic (exact) mass is 177 g/mol. The van der Waals surface area contributed by atoms with Gasteiger partial charge in [-0.15, -0.1) is 0 Å². The zero-order valence-corrected chi connectivity index (χ0v) is 7.61. The van der Waals surface area contributed by atoms with E-state index in [1.807, 2.05) is 24.3 Å². The van der Waals surface area contributed by atoms with Crippen LogP contribution in [0, 0.1) is 0 Å². The summed E-state index contributed by atoms with van der Waals surface area (Å²) in [6, 6.07) is 7.49. The van der Waals surface area contributed by atoms with E-state index in [1.165, 1.54) is 0 Å². The second-order valence-electron chi connectivity index (χ2n) is 3.59. The first-order valence-corrected chi connectivity index (χ1v) is 4.16. The molecule has 0 amide bonds. The Morgan fingerprint density at radius 1 is 1.31 bits per heavy atom. The summed E-state index contributed by atoms with van der Waals surface area (Å²) < 4.78 is 5.07. The molecule has 0 aliphatic heterocycles. The van der Waals surface area contributed by atoms with Gasteiger partial charge in [0.2, 0.25) is 0 Å². The van der Waals surface area contributed by atoms with Gasteiger partial charge in [0.05, 0.1) is 0 Å². The Bertz CT molecular complexity index is 426. The quantitative estimate of drug-likeness (QED) is 0.725. The van der Waals surface area contributed by atoms with E-state index < -0.39 is 5.60 Å². The number of rotatable bonds is 1. The maximum absolute atomic E-state index is 9.75. The molecular formula is C10H11NO2. The summed E-state index contributed by atoms with van der Waals surface area (Å²) in [5, 5.41) is 14.5. The Morgan fingerprint density at radius 3 is 2.69 bits per heavy atom. The van der Waals surface area contributed by atoms with Crippen LogP contribution in [0.1, 0.15) is 19.5 Å². The number of benzene rings is 1. The van der Waals surface area contributed by atoms with Crippen molar-refractivity contribution in [1.29, 1.82) is 0 Å². The van der Waals surface area contributed by atoms with Crippen LogP contribution in [-0.2, 0) is 5.60 Å². The second-order valence-corrected chi connectivity index (χ2v) is 3.59. The lowest BCUT2D eigenvalue weighted by atomic mass is 10.0. The molecule has 0 saturated carbocycles. The number of fused-ring (bicyclic) bond motifs is 1. The lowest BCUT2D eigenvalue weighted by Crippen LogP contribution is -2.16. The third-order valence-electron chi connectivity index (χ3n) is 1.96. The van der Waals surface area contributed by atoms with Crippen molar-refractivity contribution in [3.8, 4) is 0 Å². The molecule has 1 aromatic heterocycles. The van der Waals surface area contributed by atoms with Crippen LogP contribution in [-0.4, -0.2) is 10.3 Å². The lowest BCUT2D eigenvalue weighted by Gasteiger charge is -2.12. The van der Waals surface area contributed by atoms with Crippen molar-refractivity contribution < 1.29 is 9.63 Å². The van der Waals surface area contributed by atoms with E-state index in [4.69, 9.17) is 4.52 Å². The molecule has 0 aliphatic carbocycles. The van der Waals surface area contributed by atoms with Crippen molar-refractivity contribution in [1.82, 2.24) is 5.16 Å². The second kappa shape index (κ2) is 2.57. The molecule has 13 heavy (non-hydrogen) atoms. The number of hydrogen-bond donors (Lipinski definition) is 1. The summed E-state index contributed by atoms with van der Waals surface area (Å²) in [6.07, 6.45) is 0. The summed E-state index contributed by atoms with van der Waals surface area (Å²) in [7, 11) is 0. The van der Waals surface area contributed by atoms with Crippen LogP contribution in [0.4, 0.5) is 0 Å². The number of nitrogens with zero attached hydrogens (tertiary/aromatic N) is 1. The number of aromatic nitrogens is 1. The first-order valence-electron chi connectivity index (χ1n) is 4.16. The van der Waals surface area contributed by atoms with Gasteiger partial charge in [-0.05, 0) is 26.0 Å². The summed E-state index contributed by atoms with van der Waals surface area (Å²) in [5.74, 6) is 0. The predicted octanol–water partition coefficient (Wildman–Crippen LogP) is 2.06. The van der Waals surface area contributed by atoms with Gasteiger partial charge < -0.3 is 9.63 Å². The summed E-state index contributed by atoms with van der Waals surface area (Å²) >= 11 is 0. The highest BCUT2D eigenvalue weighted by atomic mass is 16.5. The maximum Gasteiger partial charge on any atom is 0.167 e. The van der Waals surface area contributed by atoms with Gasteiger partial charge in [-0.1, -0.05) is 17.3 Å². The van der Waals surface area contributed by atoms with Gasteiger partial charge in [0.1, 0.15) is 11.3 Å². The van der Waals surface area contributed by atoms with Gasteiger partial charge in [0, 0.05) is 5.39 Å². The Morgan fingerprint density at radius 2 is 2.00 bits per heavy atom. The zero-order valence-electron chi connectivity index (χ0n) is 7.61. The highest BCUT2D eigenvalue weighted by Gasteiger charge is 2.23. The van der Waals surface area contributed by atoms with Crippen molar-refractivity contribution in [2.24, 2.45) is 0 Å². The van der Waals surface area contributed by atoms with Gasteiger partial charge in [-0.2, -0.15) is 0 Å². The molecular weight excluding hydrogens is 166 g/mol. The Labute approximate surface area is 76.0 Å². The molecule has 3 nitrogen and oxygen atoms in total. The van der Waals surface area contributed by atoms with Crippen molar-refractivity contribution in [2.45, 2.75) is 19.4 Å². The van der Waals surface area contributed by atoms with Crippen LogP contribution >= 0.6 is 0 Å². The molecule has 2 rings (SSSR count). The number of hydrogen-bond acceptors (Lipinski definition) is 3. The number of aliphatic hydroxyl groups is 1. The topological polar surface area (TPSA) is 46.3 Å². The average Bonchev–Trinajstić information content (AvgIpc) is 2.45. The number of para-hydroxylation sites is 1. The predicted molar refractivity (Wildman–Crippen MR) is 49.3 cm³/mol. The van der Waals surface area contributed by atoms with Gasteiger partial charge in [-0.3, -0.25) is 0 Å². The molecule has 0 spiro atoms. The summed E-state index contributed by atoms with van der Waals surface area (Å²) in [4.78, 5) is 0. The van der Waals surface area contributed by atoms with Crippen molar-refractivity contribution >= 4 is 11.0 Å². The maximum atomic E-state index is 9.75. The summed E-state index contributed by atoms with van der Waals surface area (Å²) in [6.45, 7) is 3.38. The third-order valence-corrected chi connectivity index (χ3v) is 1.96. The molecule has 0 saturated heterocycles. The normalized spacial score (nSPS) is 12.2. The Kier molecular flexibility index (Phi) is 1.63. The fourth-order valence-corrected chi connectivity index (χ4v) is 1.33. The highest BCUT2D eigenvalue weighted by Crippen LogP contribution is 2.26. The molecule has 2 aromatic rings. The van der Waals surface area contributed by atoms with Crippen LogP contribution in [0.15, 0.2) is 28.8 Å². The molecule has 1 aromatic carbocycles. The van der Waals surface area contributed by atoms with Gasteiger partial charge in [0.15, 0.2) is 5.58 Å². The van der Waals surface area contributed by atoms with Gasteiger partial charge in [-0.25, -0.2) is 0 Å². The van der Waals surface area contributed by atoms with Crippen LogP contribution < -0.4 is 0 Å². The van der Waals surface area contributed by atoms with E-state index in [0.717, 1.165) is 5.39 Å². The van der Waals surface area contributed by atoms with Gasteiger partial charge in [0.25, 0.3) is 0 Å². The molecule has 1 N–H and O–H groups in total. The minimum Gasteiger partial charge on any atom is -0.384 e. The van der Waals surface area contributed by atoms with Crippen LogP contribution in [0.25, 0.3) is 11.0 Å². The minimum absolute atomic E-state index is 0.586. The van der Waals surface area contributed by atoms with Crippen LogP contribution in [0.3, 0.4) is 0 Å². The third kappa shape index (κ3) is 1.31. The van der Waals surface area contributed by atoms with E-state index in [0.29, 0.717) is 11.3 Å². The van der Waals surface area contributed by atoms with Crippen LogP contribution in [0.2, 0.25) is 0 Å². The molecule has 0 fully saturated rings. The molecule has 0 atom stereocenters. The lowest BCUT2D eigenvalue weighted by molar-refractivity contribution is 0.0716. The minimum atomic E-state index is -0.952. The van der Waals surface area contributed by atoms with E-state index >= 15 is 0 Å². The van der Waals surface area contributed by atoms with E-state index in [1.54, 1.807) is 13.8 Å². The SMILES string of the molecule is CC(C)(O)c1noc2ccccc12. The molecule has 0 aliphatic rings. The fourth-order valence-electron chi connectivity index (χ4n) is 1.33. The molecule has 1 heterocycles. The molecule has 0 unspecified atom stereocenters. The average molecular weight is 177 g/mol. The summed E-state index contributed by atoms with van der Waals surface area (Å²) in [5.41, 5.74) is 0.342. The molecule has 0 bridgehead atoms. The van der Waals surface area contributed by atoms with Gasteiger partial charge >= 0.3 is 0 Å². The Balaban J connectivity index is 2.72. The molecule has 68 valence electrons.